The van der Waals surface area contributed by atoms with Crippen LogP contribution < -0.4 is 10.9 Å². The summed E-state index contributed by atoms with van der Waals surface area (Å²) in [5.41, 5.74) is 1.57. The predicted octanol–water partition coefficient (Wildman–Crippen LogP) is 3.99. The Labute approximate surface area is 185 Å². The van der Waals surface area contributed by atoms with Gasteiger partial charge >= 0.3 is 0 Å². The molecule has 0 unspecified atom stereocenters. The van der Waals surface area contributed by atoms with Gasteiger partial charge in [0.2, 0.25) is 5.91 Å². The number of thioether (sulfide) groups is 1. The lowest BCUT2D eigenvalue weighted by molar-refractivity contribution is -0.119. The van der Waals surface area contributed by atoms with Crippen molar-refractivity contribution in [1.82, 2.24) is 14.9 Å². The van der Waals surface area contributed by atoms with Gasteiger partial charge in [-0.05, 0) is 61.9 Å². The highest BCUT2D eigenvalue weighted by atomic mass is 32.2. The maximum absolute atomic E-state index is 13.3. The van der Waals surface area contributed by atoms with Crippen molar-refractivity contribution in [3.8, 4) is 11.8 Å². The lowest BCUT2D eigenvalue weighted by Gasteiger charge is -2.22. The van der Waals surface area contributed by atoms with Gasteiger partial charge < -0.3 is 5.32 Å². The molecule has 0 aliphatic heterocycles. The highest BCUT2D eigenvalue weighted by Crippen LogP contribution is 2.29. The first-order chi connectivity index (χ1) is 15.0. The van der Waals surface area contributed by atoms with Crippen LogP contribution in [0, 0.1) is 11.3 Å². The first-order valence-electron chi connectivity index (χ1n) is 10.5. The molecule has 7 heteroatoms. The van der Waals surface area contributed by atoms with E-state index in [1.54, 1.807) is 16.7 Å². The normalized spacial score (nSPS) is 15.0. The maximum Gasteiger partial charge on any atom is 0.266 e. The fourth-order valence-corrected chi connectivity index (χ4v) is 4.81. The van der Waals surface area contributed by atoms with Crippen molar-refractivity contribution in [1.29, 1.82) is 5.26 Å². The molecule has 1 saturated carbocycles. The Balaban J connectivity index is 1.66. The second-order valence-electron chi connectivity index (χ2n) is 7.81. The first kappa shape index (κ1) is 21.1. The third-order valence-corrected chi connectivity index (χ3v) is 6.67. The number of aromatic nitrogens is 2. The van der Waals surface area contributed by atoms with Crippen LogP contribution in [-0.2, 0) is 11.2 Å². The van der Waals surface area contributed by atoms with Crippen LogP contribution in [0.1, 0.15) is 38.2 Å². The fraction of sp³-hybridized carbons (Fsp3) is 0.333. The quantitative estimate of drug-likeness (QED) is 0.470. The number of rotatable bonds is 6. The number of nitrogens with one attached hydrogen (secondary N) is 1. The Hall–Kier alpha value is -3.11. The van der Waals surface area contributed by atoms with Crippen LogP contribution in [0.15, 0.2) is 58.5 Å². The van der Waals surface area contributed by atoms with Gasteiger partial charge in [0, 0.05) is 0 Å². The van der Waals surface area contributed by atoms with Crippen LogP contribution in [-0.4, -0.2) is 26.8 Å². The van der Waals surface area contributed by atoms with Gasteiger partial charge in [0.15, 0.2) is 5.16 Å². The fourth-order valence-electron chi connectivity index (χ4n) is 3.99. The number of nitrogens with zero attached hydrogens (tertiary/aromatic N) is 3. The lowest BCUT2D eigenvalue weighted by Crippen LogP contribution is -2.45. The molecule has 1 fully saturated rings. The van der Waals surface area contributed by atoms with Crippen molar-refractivity contribution < 1.29 is 4.79 Å². The van der Waals surface area contributed by atoms with Gasteiger partial charge in [-0.15, -0.1) is 0 Å². The molecule has 6 nitrogen and oxygen atoms in total. The SMILES string of the molecule is CCc1ccc(-n2c(SCC(=O)NC3(C#N)CCCC3)nc3ccccc3c2=O)cc1. The molecule has 0 atom stereocenters. The van der Waals surface area contributed by atoms with Gasteiger partial charge in [-0.3, -0.25) is 14.2 Å². The van der Waals surface area contributed by atoms with Crippen LogP contribution in [0.4, 0.5) is 0 Å². The topological polar surface area (TPSA) is 87.8 Å². The minimum absolute atomic E-state index is 0.0846. The van der Waals surface area contributed by atoms with Gasteiger partial charge in [-0.1, -0.05) is 43.0 Å². The number of benzene rings is 2. The molecule has 1 amide bonds. The first-order valence-corrected chi connectivity index (χ1v) is 11.5. The minimum atomic E-state index is -0.760. The Morgan fingerprint density at radius 1 is 1.19 bits per heavy atom. The molecular formula is C24H24N4O2S. The molecule has 31 heavy (non-hydrogen) atoms. The molecule has 0 radical (unpaired) electrons. The minimum Gasteiger partial charge on any atom is -0.337 e. The second-order valence-corrected chi connectivity index (χ2v) is 8.75. The van der Waals surface area contributed by atoms with E-state index in [0.29, 0.717) is 34.6 Å². The summed E-state index contributed by atoms with van der Waals surface area (Å²) in [6.07, 6.45) is 4.17. The van der Waals surface area contributed by atoms with Gasteiger partial charge in [0.25, 0.3) is 5.56 Å². The molecule has 1 aromatic heterocycles. The Morgan fingerprint density at radius 3 is 2.58 bits per heavy atom. The highest BCUT2D eigenvalue weighted by molar-refractivity contribution is 7.99. The Kier molecular flexibility index (Phi) is 6.10. The number of carbonyl (C=O) groups is 1. The van der Waals surface area contributed by atoms with Crippen LogP contribution in [0.25, 0.3) is 16.6 Å². The monoisotopic (exact) mass is 432 g/mol. The van der Waals surface area contributed by atoms with Gasteiger partial charge in [0.05, 0.1) is 28.4 Å². The summed E-state index contributed by atoms with van der Waals surface area (Å²) in [6, 6.07) is 17.3. The zero-order valence-electron chi connectivity index (χ0n) is 17.4. The maximum atomic E-state index is 13.3. The molecule has 1 aliphatic rings. The van der Waals surface area contributed by atoms with E-state index in [2.05, 4.69) is 23.3 Å². The third kappa shape index (κ3) is 4.35. The van der Waals surface area contributed by atoms with E-state index >= 15 is 0 Å². The molecule has 0 bridgehead atoms. The number of hydrogen-bond acceptors (Lipinski definition) is 5. The van der Waals surface area contributed by atoms with Gasteiger partial charge in [-0.2, -0.15) is 5.26 Å². The van der Waals surface area contributed by atoms with E-state index in [4.69, 9.17) is 0 Å². The molecule has 0 spiro atoms. The highest BCUT2D eigenvalue weighted by Gasteiger charge is 2.35. The van der Waals surface area contributed by atoms with E-state index in [1.807, 2.05) is 36.4 Å². The number of amides is 1. The van der Waals surface area contributed by atoms with Crippen molar-refractivity contribution in [2.75, 3.05) is 5.75 Å². The number of fused-ring (bicyclic) bond motifs is 1. The third-order valence-electron chi connectivity index (χ3n) is 5.73. The summed E-state index contributed by atoms with van der Waals surface area (Å²) in [5, 5.41) is 13.4. The summed E-state index contributed by atoms with van der Waals surface area (Å²) in [5.74, 6) is -0.134. The molecular weight excluding hydrogens is 408 g/mol. The molecule has 0 saturated heterocycles. The second kappa shape index (κ2) is 8.94. The summed E-state index contributed by atoms with van der Waals surface area (Å²) >= 11 is 1.21. The molecule has 1 aliphatic carbocycles. The van der Waals surface area contributed by atoms with Crippen LogP contribution >= 0.6 is 11.8 Å². The van der Waals surface area contributed by atoms with E-state index in [9.17, 15) is 14.9 Å². The van der Waals surface area contributed by atoms with Crippen molar-refractivity contribution in [3.63, 3.8) is 0 Å². The van der Waals surface area contributed by atoms with Crippen LogP contribution in [0.2, 0.25) is 0 Å². The van der Waals surface area contributed by atoms with E-state index in [0.717, 1.165) is 19.3 Å². The van der Waals surface area contributed by atoms with E-state index in [1.165, 1.54) is 17.3 Å². The molecule has 158 valence electrons. The standard InChI is InChI=1S/C24H24N4O2S/c1-2-17-9-11-18(12-10-17)28-22(30)19-7-3-4-8-20(19)26-23(28)31-15-21(29)27-24(16-25)13-5-6-14-24/h3-4,7-12H,2,5-6,13-15H2,1H3,(H,27,29). The van der Waals surface area contributed by atoms with Crippen LogP contribution in [0.5, 0.6) is 0 Å². The summed E-state index contributed by atoms with van der Waals surface area (Å²) in [6.45, 7) is 2.08. The van der Waals surface area contributed by atoms with Gasteiger partial charge in [-0.25, -0.2) is 4.98 Å². The summed E-state index contributed by atoms with van der Waals surface area (Å²) < 4.78 is 1.56. The number of hydrogen-bond donors (Lipinski definition) is 1. The average molecular weight is 433 g/mol. The Bertz CT molecular complexity index is 1200. The average Bonchev–Trinajstić information content (AvgIpc) is 3.27. The summed E-state index contributed by atoms with van der Waals surface area (Å²) in [7, 11) is 0. The van der Waals surface area contributed by atoms with E-state index < -0.39 is 5.54 Å². The molecule has 2 aromatic carbocycles. The van der Waals surface area contributed by atoms with Crippen molar-refractivity contribution >= 4 is 28.6 Å². The van der Waals surface area contributed by atoms with E-state index in [-0.39, 0.29) is 17.2 Å². The van der Waals surface area contributed by atoms with Gasteiger partial charge in [0.1, 0.15) is 5.54 Å². The van der Waals surface area contributed by atoms with Crippen LogP contribution in [0.3, 0.4) is 0 Å². The number of aryl methyl sites for hydroxylation is 1. The van der Waals surface area contributed by atoms with Crippen molar-refractivity contribution in [2.24, 2.45) is 0 Å². The zero-order chi connectivity index (χ0) is 21.8. The zero-order valence-corrected chi connectivity index (χ0v) is 18.2. The summed E-state index contributed by atoms with van der Waals surface area (Å²) in [4.78, 5) is 30.6. The lowest BCUT2D eigenvalue weighted by atomic mass is 10.0. The Morgan fingerprint density at radius 2 is 1.90 bits per heavy atom. The molecule has 4 rings (SSSR count). The predicted molar refractivity (Wildman–Crippen MR) is 122 cm³/mol. The number of nitriles is 1. The van der Waals surface area contributed by atoms with Crippen molar-refractivity contribution in [2.45, 2.75) is 49.7 Å². The number of carbonyl (C=O) groups excluding carboxylic acids is 1. The van der Waals surface area contributed by atoms with Crippen molar-refractivity contribution in [3.05, 3.63) is 64.4 Å². The smallest absolute Gasteiger partial charge is 0.266 e. The molecule has 1 N–H and O–H groups in total. The number of para-hydroxylation sites is 1. The molecule has 1 heterocycles. The molecule has 3 aromatic rings. The largest absolute Gasteiger partial charge is 0.337 e.